The van der Waals surface area contributed by atoms with E-state index < -0.39 is 0 Å². The van der Waals surface area contributed by atoms with E-state index in [1.807, 2.05) is 35.8 Å². The van der Waals surface area contributed by atoms with Crippen LogP contribution in [-0.2, 0) is 6.54 Å². The van der Waals surface area contributed by atoms with Gasteiger partial charge in [-0.05, 0) is 13.0 Å². The van der Waals surface area contributed by atoms with Crippen LogP contribution in [0.1, 0.15) is 17.3 Å². The number of anilines is 1. The number of rotatable bonds is 3. The van der Waals surface area contributed by atoms with Gasteiger partial charge < -0.3 is 4.57 Å². The van der Waals surface area contributed by atoms with E-state index in [-0.39, 0.29) is 5.91 Å². The topological polar surface area (TPSA) is 46.9 Å². The van der Waals surface area contributed by atoms with Crippen molar-refractivity contribution in [3.8, 4) is 0 Å². The van der Waals surface area contributed by atoms with E-state index in [1.165, 1.54) is 11.3 Å². The number of aryl methyl sites for hydroxylation is 1. The molecule has 0 aliphatic heterocycles. The number of nitrogens with zero attached hydrogens (tertiary/aromatic N) is 2. The second-order valence-corrected chi connectivity index (χ2v) is 5.03. The average Bonchev–Trinajstić information content (AvgIpc) is 3.05. The molecule has 0 fully saturated rings. The molecular formula is C14H13N3OS. The number of hydrogen-bond donors (Lipinski definition) is 1. The van der Waals surface area contributed by atoms with E-state index in [0.717, 1.165) is 17.4 Å². The van der Waals surface area contributed by atoms with Gasteiger partial charge in [0, 0.05) is 35.2 Å². The van der Waals surface area contributed by atoms with Gasteiger partial charge in [-0.3, -0.25) is 10.1 Å². The van der Waals surface area contributed by atoms with Gasteiger partial charge in [-0.2, -0.15) is 0 Å². The quantitative estimate of drug-likeness (QED) is 0.794. The Balaban J connectivity index is 2.02. The van der Waals surface area contributed by atoms with Crippen molar-refractivity contribution in [3.05, 3.63) is 47.6 Å². The van der Waals surface area contributed by atoms with Crippen molar-refractivity contribution in [3.63, 3.8) is 0 Å². The lowest BCUT2D eigenvalue weighted by Crippen LogP contribution is -2.11. The number of nitrogens with one attached hydrogen (secondary N) is 1. The number of amides is 1. The Morgan fingerprint density at radius 1 is 1.42 bits per heavy atom. The maximum atomic E-state index is 12.3. The fraction of sp³-hybridized carbons (Fsp3) is 0.143. The molecule has 0 saturated carbocycles. The van der Waals surface area contributed by atoms with E-state index in [0.29, 0.717) is 10.7 Å². The number of hydrogen-bond acceptors (Lipinski definition) is 3. The summed E-state index contributed by atoms with van der Waals surface area (Å²) in [4.78, 5) is 16.4. The zero-order valence-corrected chi connectivity index (χ0v) is 11.3. The maximum Gasteiger partial charge on any atom is 0.259 e. The molecule has 3 aromatic rings. The first-order valence-electron chi connectivity index (χ1n) is 6.08. The standard InChI is InChI=1S/C14H13N3OS/c1-2-17-9-11(10-5-3-4-6-12(10)17)13(18)16-14-15-7-8-19-14/h3-9H,2H2,1H3,(H,15,16,18). The lowest BCUT2D eigenvalue weighted by molar-refractivity contribution is 0.102. The lowest BCUT2D eigenvalue weighted by Gasteiger charge is -1.99. The fourth-order valence-electron chi connectivity index (χ4n) is 2.14. The number of aromatic nitrogens is 2. The van der Waals surface area contributed by atoms with Crippen molar-refractivity contribution in [2.45, 2.75) is 13.5 Å². The van der Waals surface area contributed by atoms with Crippen LogP contribution in [0.4, 0.5) is 5.13 Å². The van der Waals surface area contributed by atoms with Crippen molar-refractivity contribution in [2.75, 3.05) is 5.32 Å². The number of para-hydroxylation sites is 1. The van der Waals surface area contributed by atoms with Crippen LogP contribution in [0.25, 0.3) is 10.9 Å². The summed E-state index contributed by atoms with van der Waals surface area (Å²) in [5.41, 5.74) is 1.77. The van der Waals surface area contributed by atoms with Crippen LogP contribution in [0.2, 0.25) is 0 Å². The van der Waals surface area contributed by atoms with Crippen molar-refractivity contribution in [1.82, 2.24) is 9.55 Å². The Hall–Kier alpha value is -2.14. The van der Waals surface area contributed by atoms with Crippen molar-refractivity contribution in [2.24, 2.45) is 0 Å². The van der Waals surface area contributed by atoms with Gasteiger partial charge in [0.25, 0.3) is 5.91 Å². The van der Waals surface area contributed by atoms with Gasteiger partial charge in [-0.25, -0.2) is 4.98 Å². The molecule has 0 bridgehead atoms. The predicted molar refractivity (Wildman–Crippen MR) is 77.7 cm³/mol. The highest BCUT2D eigenvalue weighted by molar-refractivity contribution is 7.13. The van der Waals surface area contributed by atoms with E-state index >= 15 is 0 Å². The second-order valence-electron chi connectivity index (χ2n) is 4.14. The molecule has 2 aromatic heterocycles. The number of benzene rings is 1. The summed E-state index contributed by atoms with van der Waals surface area (Å²) < 4.78 is 2.08. The minimum absolute atomic E-state index is 0.113. The highest BCUT2D eigenvalue weighted by Crippen LogP contribution is 2.22. The number of thiazole rings is 1. The molecule has 0 spiro atoms. The predicted octanol–water partition coefficient (Wildman–Crippen LogP) is 3.37. The van der Waals surface area contributed by atoms with E-state index in [1.54, 1.807) is 6.20 Å². The first-order valence-corrected chi connectivity index (χ1v) is 6.96. The molecule has 4 nitrogen and oxygen atoms in total. The van der Waals surface area contributed by atoms with Gasteiger partial charge in [0.05, 0.1) is 5.56 Å². The second kappa shape index (κ2) is 4.85. The highest BCUT2D eigenvalue weighted by atomic mass is 32.1. The first kappa shape index (κ1) is 11.9. The minimum atomic E-state index is -0.113. The van der Waals surface area contributed by atoms with Crippen molar-refractivity contribution < 1.29 is 4.79 Å². The van der Waals surface area contributed by atoms with Crippen LogP contribution in [0, 0.1) is 0 Å². The molecule has 96 valence electrons. The number of carbonyl (C=O) groups is 1. The molecule has 2 heterocycles. The van der Waals surface area contributed by atoms with Gasteiger partial charge in [-0.15, -0.1) is 11.3 Å². The first-order chi connectivity index (χ1) is 9.29. The van der Waals surface area contributed by atoms with Crippen LogP contribution >= 0.6 is 11.3 Å². The molecule has 5 heteroatoms. The maximum absolute atomic E-state index is 12.3. The Morgan fingerprint density at radius 2 is 2.26 bits per heavy atom. The Bertz CT molecular complexity index is 715. The van der Waals surface area contributed by atoms with Crippen LogP contribution in [-0.4, -0.2) is 15.5 Å². The smallest absolute Gasteiger partial charge is 0.259 e. The van der Waals surface area contributed by atoms with Gasteiger partial charge in [-0.1, -0.05) is 18.2 Å². The molecule has 3 rings (SSSR count). The fourth-order valence-corrected chi connectivity index (χ4v) is 2.66. The summed E-state index contributed by atoms with van der Waals surface area (Å²) in [6.07, 6.45) is 3.57. The molecular weight excluding hydrogens is 258 g/mol. The summed E-state index contributed by atoms with van der Waals surface area (Å²) in [6, 6.07) is 7.93. The molecule has 1 N–H and O–H groups in total. The minimum Gasteiger partial charge on any atom is -0.347 e. The summed E-state index contributed by atoms with van der Waals surface area (Å²) in [7, 11) is 0. The molecule has 0 aliphatic rings. The monoisotopic (exact) mass is 271 g/mol. The molecule has 1 amide bonds. The molecule has 1 aromatic carbocycles. The largest absolute Gasteiger partial charge is 0.347 e. The number of carbonyl (C=O) groups excluding carboxylic acids is 1. The third-order valence-electron chi connectivity index (χ3n) is 3.03. The summed E-state index contributed by atoms with van der Waals surface area (Å²) in [5.74, 6) is -0.113. The zero-order chi connectivity index (χ0) is 13.2. The highest BCUT2D eigenvalue weighted by Gasteiger charge is 2.14. The molecule has 0 radical (unpaired) electrons. The van der Waals surface area contributed by atoms with Crippen LogP contribution in [0.15, 0.2) is 42.0 Å². The van der Waals surface area contributed by atoms with E-state index in [9.17, 15) is 4.79 Å². The third-order valence-corrected chi connectivity index (χ3v) is 3.72. The summed E-state index contributed by atoms with van der Waals surface area (Å²) >= 11 is 1.41. The molecule has 0 atom stereocenters. The van der Waals surface area contributed by atoms with Crippen molar-refractivity contribution >= 4 is 33.3 Å². The SMILES string of the molecule is CCn1cc(C(=O)Nc2nccs2)c2ccccc21. The van der Waals surface area contributed by atoms with Gasteiger partial charge in [0.2, 0.25) is 0 Å². The molecule has 0 saturated heterocycles. The van der Waals surface area contributed by atoms with E-state index in [4.69, 9.17) is 0 Å². The van der Waals surface area contributed by atoms with Crippen molar-refractivity contribution in [1.29, 1.82) is 0 Å². The Kier molecular flexibility index (Phi) is 3.05. The zero-order valence-electron chi connectivity index (χ0n) is 10.5. The summed E-state index contributed by atoms with van der Waals surface area (Å²) in [6.45, 7) is 2.90. The Labute approximate surface area is 114 Å². The van der Waals surface area contributed by atoms with Gasteiger partial charge in [0.1, 0.15) is 0 Å². The molecule has 19 heavy (non-hydrogen) atoms. The number of fused-ring (bicyclic) bond motifs is 1. The lowest BCUT2D eigenvalue weighted by atomic mass is 10.1. The van der Waals surface area contributed by atoms with E-state index in [2.05, 4.69) is 21.8 Å². The summed E-state index contributed by atoms with van der Waals surface area (Å²) in [5, 5.41) is 6.26. The normalized spacial score (nSPS) is 10.8. The van der Waals surface area contributed by atoms with Crippen LogP contribution in [0.5, 0.6) is 0 Å². The molecule has 0 unspecified atom stereocenters. The third kappa shape index (κ3) is 2.13. The Morgan fingerprint density at radius 3 is 3.00 bits per heavy atom. The van der Waals surface area contributed by atoms with Gasteiger partial charge in [0.15, 0.2) is 5.13 Å². The van der Waals surface area contributed by atoms with Crippen LogP contribution in [0.3, 0.4) is 0 Å². The average molecular weight is 271 g/mol. The van der Waals surface area contributed by atoms with Gasteiger partial charge >= 0.3 is 0 Å². The molecule has 0 aliphatic carbocycles. The van der Waals surface area contributed by atoms with Crippen LogP contribution < -0.4 is 5.32 Å².